The van der Waals surface area contributed by atoms with E-state index >= 15 is 0 Å². The van der Waals surface area contributed by atoms with Crippen LogP contribution in [-0.4, -0.2) is 142 Å². The van der Waals surface area contributed by atoms with E-state index in [0.29, 0.717) is 19.3 Å². The predicted octanol–water partition coefficient (Wildman–Crippen LogP) is -0.109. The molecule has 0 heterocycles. The molecule has 33 heteroatoms. The maximum atomic E-state index is 11.5. The Hall–Kier alpha value is -1.07. The Labute approximate surface area is 636 Å². The van der Waals surface area contributed by atoms with Gasteiger partial charge in [0, 0.05) is 37.2 Å². The predicted molar refractivity (Wildman–Crippen MR) is 343 cm³/mol. The number of carboxylic acids is 3. The van der Waals surface area contributed by atoms with Gasteiger partial charge in [-0.3, -0.25) is 37.4 Å². The summed E-state index contributed by atoms with van der Waals surface area (Å²) in [6, 6.07) is 0. The number of carbonyl (C=O) groups is 7. The summed E-state index contributed by atoms with van der Waals surface area (Å²) in [5, 5.41) is 24.9. The molecule has 0 aromatic heterocycles. The van der Waals surface area contributed by atoms with E-state index < -0.39 is 123 Å². The number of rotatable bonds is 58. The van der Waals surface area contributed by atoms with Gasteiger partial charge in [-0.15, -0.1) is 0 Å². The van der Waals surface area contributed by atoms with Gasteiger partial charge in [-0.05, 0) is 25.7 Å². The number of hydrogen-bond donors (Lipinski definition) is 4. The summed E-state index contributed by atoms with van der Waals surface area (Å²) in [5.74, 6) is -10.8. The van der Waals surface area contributed by atoms with Crippen molar-refractivity contribution in [2.75, 3.05) is 32.2 Å². The molecule has 0 saturated carbocycles. The zero-order valence-corrected chi connectivity index (χ0v) is 67.8. The molecular formula is C62H115Na3O26S4. The van der Waals surface area contributed by atoms with Crippen molar-refractivity contribution < 1.29 is 208 Å². The van der Waals surface area contributed by atoms with Crippen LogP contribution in [0.1, 0.15) is 304 Å². The van der Waals surface area contributed by atoms with Crippen LogP contribution >= 0.6 is 0 Å². The van der Waals surface area contributed by atoms with E-state index in [0.717, 1.165) is 77.0 Å². The van der Waals surface area contributed by atoms with Crippen LogP contribution in [0, 0.1) is 0 Å². The summed E-state index contributed by atoms with van der Waals surface area (Å²) in [6.07, 6.45) is 41.6. The molecule has 0 aliphatic heterocycles. The Morgan fingerprint density at radius 1 is 0.284 bits per heavy atom. The summed E-state index contributed by atoms with van der Waals surface area (Å²) in [7, 11) is -18.7. The second-order valence-electron chi connectivity index (χ2n) is 22.9. The molecule has 0 spiro atoms. The smallest absolute Gasteiger partial charge is 0.550 e. The van der Waals surface area contributed by atoms with Crippen molar-refractivity contribution >= 4 is 82.3 Å². The van der Waals surface area contributed by atoms with Gasteiger partial charge in [-0.1, -0.05) is 259 Å². The SMILES string of the molecule is CCCCCCCCCCCCOC(=O)C(CC(=O)[O-])S(=O)(=O)O.CCCCCCCCCCCCOC(=O)C(CC(=O)[O-])S(=O)(=O)O.CCCCCCCCCCCCOC(=O)C(CC(=O)[O-])S(=O)(=O)O.CCCCCCCCCCCCOC(=O)CS(=O)(=O)O.[Na+].[Na+].[Na+]. The van der Waals surface area contributed by atoms with Gasteiger partial charge in [0.15, 0.2) is 21.5 Å². The largest absolute Gasteiger partial charge is 1.00 e. The van der Waals surface area contributed by atoms with Crippen LogP contribution in [0.3, 0.4) is 0 Å². The Bertz CT molecular complexity index is 2180. The van der Waals surface area contributed by atoms with Gasteiger partial charge in [0.05, 0.1) is 26.4 Å². The minimum absolute atomic E-state index is 0. The van der Waals surface area contributed by atoms with Crippen LogP contribution < -0.4 is 104 Å². The fourth-order valence-electron chi connectivity index (χ4n) is 8.92. The fraction of sp³-hybridized carbons (Fsp3) is 0.887. The van der Waals surface area contributed by atoms with Crippen molar-refractivity contribution in [2.24, 2.45) is 0 Å². The molecule has 3 atom stereocenters. The Morgan fingerprint density at radius 3 is 0.589 bits per heavy atom. The molecule has 3 unspecified atom stereocenters. The topological polar surface area (TPSA) is 443 Å². The van der Waals surface area contributed by atoms with E-state index in [1.807, 2.05) is 0 Å². The molecule has 95 heavy (non-hydrogen) atoms. The first-order valence-electron chi connectivity index (χ1n) is 33.4. The third kappa shape index (κ3) is 80.1. The average Bonchev–Trinajstić information content (AvgIpc) is 0.915. The van der Waals surface area contributed by atoms with Gasteiger partial charge in [0.1, 0.15) is 0 Å². The molecule has 546 valence electrons. The molecule has 0 fully saturated rings. The van der Waals surface area contributed by atoms with Crippen molar-refractivity contribution in [3.8, 4) is 0 Å². The molecule has 0 bridgehead atoms. The zero-order valence-electron chi connectivity index (χ0n) is 58.6. The van der Waals surface area contributed by atoms with Crippen LogP contribution in [0.2, 0.25) is 0 Å². The first-order valence-corrected chi connectivity index (χ1v) is 39.5. The molecule has 0 aliphatic carbocycles. The summed E-state index contributed by atoms with van der Waals surface area (Å²) in [4.78, 5) is 76.8. The van der Waals surface area contributed by atoms with E-state index in [9.17, 15) is 82.6 Å². The van der Waals surface area contributed by atoms with Crippen LogP contribution in [0.15, 0.2) is 0 Å². The van der Waals surface area contributed by atoms with Gasteiger partial charge in [-0.25, -0.2) is 0 Å². The number of carbonyl (C=O) groups excluding carboxylic acids is 7. The Kier molecular flexibility index (Phi) is 80.6. The molecule has 26 nitrogen and oxygen atoms in total. The van der Waals surface area contributed by atoms with Crippen molar-refractivity contribution in [3.63, 3.8) is 0 Å². The van der Waals surface area contributed by atoms with E-state index in [1.165, 1.54) is 161 Å². The molecule has 0 aromatic carbocycles. The maximum Gasteiger partial charge on any atom is 1.00 e. The first kappa shape index (κ1) is 107. The van der Waals surface area contributed by atoms with Gasteiger partial charge < -0.3 is 48.7 Å². The van der Waals surface area contributed by atoms with Gasteiger partial charge in [-0.2, -0.15) is 33.7 Å². The van der Waals surface area contributed by atoms with Gasteiger partial charge >= 0.3 is 113 Å². The second kappa shape index (κ2) is 71.3. The number of hydrogen-bond acceptors (Lipinski definition) is 22. The van der Waals surface area contributed by atoms with Crippen LogP contribution in [0.4, 0.5) is 0 Å². The normalized spacial score (nSPS) is 12.1. The number of unbranched alkanes of at least 4 members (excludes halogenated alkanes) is 36. The monoisotopic (exact) mass is 1470 g/mol. The van der Waals surface area contributed by atoms with E-state index in [-0.39, 0.29) is 115 Å². The quantitative estimate of drug-likeness (QED) is 0.0203. The standard InChI is InChI=1S/3C16H30O7S.C14H28O5S.3Na/c3*1-2-3-4-5-6-7-8-9-10-11-12-23-16(19)14(13-15(17)18)24(20,21)22;1-2-3-4-5-6-7-8-9-10-11-12-19-14(15)13-20(16,17)18;;;/h3*14H,2-13H2,1H3,(H,17,18)(H,20,21,22);2-13H2,1H3,(H,16,17,18);;;/q;;;;3*+1/p-3. The molecule has 0 aliphatic rings. The number of esters is 4. The van der Waals surface area contributed by atoms with E-state index in [2.05, 4.69) is 27.7 Å². The number of carboxylic acid groups (broad SMARTS) is 3. The third-order valence-electron chi connectivity index (χ3n) is 14.2. The Balaban J connectivity index is -0.000000216. The van der Waals surface area contributed by atoms with Crippen molar-refractivity contribution in [1.29, 1.82) is 0 Å². The summed E-state index contributed by atoms with van der Waals surface area (Å²) >= 11 is 0. The maximum absolute atomic E-state index is 11.5. The summed E-state index contributed by atoms with van der Waals surface area (Å²) in [5.41, 5.74) is 0. The summed E-state index contributed by atoms with van der Waals surface area (Å²) < 4.78 is 141. The molecule has 0 amide bonds. The third-order valence-corrected chi connectivity index (χ3v) is 18.0. The number of ether oxygens (including phenoxy) is 4. The molecule has 0 radical (unpaired) electrons. The molecule has 0 aromatic rings. The number of aliphatic carboxylic acids is 3. The Morgan fingerprint density at radius 2 is 0.442 bits per heavy atom. The zero-order chi connectivity index (χ0) is 70.5. The van der Waals surface area contributed by atoms with Gasteiger partial charge in [0.2, 0.25) is 0 Å². The molecule has 4 N–H and O–H groups in total. The van der Waals surface area contributed by atoms with Crippen molar-refractivity contribution in [3.05, 3.63) is 0 Å². The van der Waals surface area contributed by atoms with Crippen molar-refractivity contribution in [1.82, 2.24) is 0 Å². The van der Waals surface area contributed by atoms with E-state index in [1.54, 1.807) is 0 Å². The molecule has 0 rings (SSSR count). The minimum atomic E-state index is -4.82. The average molecular weight is 1470 g/mol. The minimum Gasteiger partial charge on any atom is -0.550 e. The van der Waals surface area contributed by atoms with Crippen LogP contribution in [-0.2, 0) is 93.0 Å². The van der Waals surface area contributed by atoms with Crippen LogP contribution in [0.25, 0.3) is 0 Å². The van der Waals surface area contributed by atoms with Crippen LogP contribution in [0.5, 0.6) is 0 Å². The molecular weight excluding hydrogens is 1360 g/mol. The van der Waals surface area contributed by atoms with Crippen molar-refractivity contribution in [2.45, 2.75) is 320 Å². The fourth-order valence-corrected chi connectivity index (χ4v) is 11.3. The molecule has 0 saturated heterocycles. The second-order valence-corrected chi connectivity index (χ2v) is 29.2. The van der Waals surface area contributed by atoms with E-state index in [4.69, 9.17) is 37.2 Å². The first-order chi connectivity index (χ1) is 43.3. The summed E-state index contributed by atoms with van der Waals surface area (Å²) in [6.45, 7) is 9.02. The van der Waals surface area contributed by atoms with Gasteiger partial charge in [0.25, 0.3) is 40.5 Å².